The van der Waals surface area contributed by atoms with Crippen LogP contribution in [-0.2, 0) is 9.59 Å². The highest BCUT2D eigenvalue weighted by atomic mass is 16.2. The molecule has 0 aromatic heterocycles. The first-order valence-corrected chi connectivity index (χ1v) is 6.76. The van der Waals surface area contributed by atoms with Gasteiger partial charge in [0, 0.05) is 18.2 Å². The first-order valence-electron chi connectivity index (χ1n) is 6.76. The Balaban J connectivity index is 2.76. The largest absolute Gasteiger partial charge is 0.329 e. The third kappa shape index (κ3) is 4.37. The van der Waals surface area contributed by atoms with Crippen molar-refractivity contribution in [3.8, 4) is 0 Å². The Morgan fingerprint density at radius 3 is 2.20 bits per heavy atom. The van der Waals surface area contributed by atoms with Gasteiger partial charge in [-0.05, 0) is 57.9 Å². The molecule has 0 saturated heterocycles. The minimum atomic E-state index is -0.369. The summed E-state index contributed by atoms with van der Waals surface area (Å²) in [4.78, 5) is 25.2. The molecule has 2 amide bonds. The second-order valence-electron chi connectivity index (χ2n) is 6.12. The molecule has 4 nitrogen and oxygen atoms in total. The Kier molecular flexibility index (Phi) is 4.93. The molecule has 1 N–H and O–H groups in total. The van der Waals surface area contributed by atoms with Gasteiger partial charge in [0.1, 0.15) is 6.54 Å². The van der Waals surface area contributed by atoms with Crippen LogP contribution >= 0.6 is 0 Å². The third-order valence-corrected chi connectivity index (χ3v) is 3.28. The molecule has 0 atom stereocenters. The number of aryl methyl sites for hydroxylation is 2. The van der Waals surface area contributed by atoms with Gasteiger partial charge in [-0.15, -0.1) is 0 Å². The van der Waals surface area contributed by atoms with Crippen molar-refractivity contribution in [1.82, 2.24) is 4.90 Å². The molecule has 0 saturated carbocycles. The van der Waals surface area contributed by atoms with Gasteiger partial charge in [0.15, 0.2) is 0 Å². The molecule has 0 bridgehead atoms. The molecular weight excluding hydrogens is 252 g/mol. The number of carbonyl (C=O) groups is 2. The van der Waals surface area contributed by atoms with Crippen LogP contribution in [-0.4, -0.2) is 28.8 Å². The topological polar surface area (TPSA) is 49.4 Å². The van der Waals surface area contributed by atoms with Crippen molar-refractivity contribution in [3.05, 3.63) is 29.3 Å². The zero-order valence-electron chi connectivity index (χ0n) is 13.2. The number of anilines is 1. The fraction of sp³-hybridized carbons (Fsp3) is 0.500. The van der Waals surface area contributed by atoms with E-state index in [0.717, 1.165) is 11.3 Å². The number of amides is 2. The number of nitrogens with zero attached hydrogens (tertiary/aromatic N) is 1. The number of hydrogen-bond acceptors (Lipinski definition) is 2. The normalized spacial score (nSPS) is 11.1. The summed E-state index contributed by atoms with van der Waals surface area (Å²) in [5, 5.41) is 2.83. The van der Waals surface area contributed by atoms with E-state index in [0.29, 0.717) is 0 Å². The fourth-order valence-electron chi connectivity index (χ4n) is 1.98. The molecule has 0 heterocycles. The second-order valence-corrected chi connectivity index (χ2v) is 6.12. The van der Waals surface area contributed by atoms with Crippen molar-refractivity contribution >= 4 is 17.5 Å². The van der Waals surface area contributed by atoms with Crippen molar-refractivity contribution in [2.75, 3.05) is 11.9 Å². The number of rotatable bonds is 3. The van der Waals surface area contributed by atoms with E-state index in [1.807, 2.05) is 52.8 Å². The predicted molar refractivity (Wildman–Crippen MR) is 81.7 cm³/mol. The molecule has 0 aliphatic heterocycles. The molecule has 0 radical (unpaired) electrons. The second kappa shape index (κ2) is 6.07. The molecule has 20 heavy (non-hydrogen) atoms. The molecule has 4 heteroatoms. The Morgan fingerprint density at radius 1 is 1.15 bits per heavy atom. The van der Waals surface area contributed by atoms with Gasteiger partial charge in [0.25, 0.3) is 0 Å². The number of hydrogen-bond donors (Lipinski definition) is 1. The van der Waals surface area contributed by atoms with Crippen LogP contribution in [0.3, 0.4) is 0 Å². The lowest BCUT2D eigenvalue weighted by atomic mass is 10.1. The summed E-state index contributed by atoms with van der Waals surface area (Å²) in [6, 6.07) is 5.77. The summed E-state index contributed by atoms with van der Waals surface area (Å²) < 4.78 is 0. The van der Waals surface area contributed by atoms with E-state index in [-0.39, 0.29) is 23.9 Å². The van der Waals surface area contributed by atoms with Crippen molar-refractivity contribution in [1.29, 1.82) is 0 Å². The van der Waals surface area contributed by atoms with E-state index < -0.39 is 0 Å². The smallest absolute Gasteiger partial charge is 0.244 e. The lowest BCUT2D eigenvalue weighted by molar-refractivity contribution is -0.137. The van der Waals surface area contributed by atoms with Gasteiger partial charge >= 0.3 is 0 Å². The molecule has 0 fully saturated rings. The van der Waals surface area contributed by atoms with Crippen molar-refractivity contribution in [3.63, 3.8) is 0 Å². The van der Waals surface area contributed by atoms with Crippen molar-refractivity contribution in [2.45, 2.75) is 47.1 Å². The molecule has 110 valence electrons. The highest BCUT2D eigenvalue weighted by Crippen LogP contribution is 2.16. The van der Waals surface area contributed by atoms with Crippen molar-refractivity contribution < 1.29 is 9.59 Å². The van der Waals surface area contributed by atoms with E-state index in [2.05, 4.69) is 5.32 Å². The van der Waals surface area contributed by atoms with Gasteiger partial charge in [-0.25, -0.2) is 0 Å². The van der Waals surface area contributed by atoms with Crippen LogP contribution in [0.5, 0.6) is 0 Å². The minimum absolute atomic E-state index is 0.0613. The summed E-state index contributed by atoms with van der Waals surface area (Å²) in [5.41, 5.74) is 2.70. The molecule has 0 unspecified atom stereocenters. The quantitative estimate of drug-likeness (QED) is 0.923. The van der Waals surface area contributed by atoms with E-state index in [1.165, 1.54) is 12.5 Å². The highest BCUT2D eigenvalue weighted by Gasteiger charge is 2.25. The summed E-state index contributed by atoms with van der Waals surface area (Å²) in [6.45, 7) is 11.3. The first-order chi connectivity index (χ1) is 9.11. The average Bonchev–Trinajstić information content (AvgIpc) is 2.29. The minimum Gasteiger partial charge on any atom is -0.329 e. The monoisotopic (exact) mass is 276 g/mol. The lowest BCUT2D eigenvalue weighted by Crippen LogP contribution is -2.48. The zero-order valence-corrected chi connectivity index (χ0v) is 13.2. The van der Waals surface area contributed by atoms with Crippen LogP contribution in [0.15, 0.2) is 18.2 Å². The van der Waals surface area contributed by atoms with Gasteiger partial charge in [0.05, 0.1) is 0 Å². The molecule has 0 aliphatic carbocycles. The fourth-order valence-corrected chi connectivity index (χ4v) is 1.98. The van der Waals surface area contributed by atoms with E-state index >= 15 is 0 Å². The standard InChI is InChI=1S/C16H24N2O2/c1-11-7-8-14(9-12(11)2)17-15(20)10-18(13(3)19)16(4,5)6/h7-9H,10H2,1-6H3,(H,17,20). The Morgan fingerprint density at radius 2 is 1.75 bits per heavy atom. The van der Waals surface area contributed by atoms with Crippen LogP contribution < -0.4 is 5.32 Å². The SMILES string of the molecule is CC(=O)N(CC(=O)Nc1ccc(C)c(C)c1)C(C)(C)C. The van der Waals surface area contributed by atoms with Crippen LogP contribution in [0, 0.1) is 13.8 Å². The Bertz CT molecular complexity index is 516. The van der Waals surface area contributed by atoms with Gasteiger partial charge in [-0.3, -0.25) is 9.59 Å². The molecule has 0 spiro atoms. The summed E-state index contributed by atoms with van der Waals surface area (Å²) in [6.07, 6.45) is 0. The predicted octanol–water partition coefficient (Wildman–Crippen LogP) is 2.89. The molecule has 1 aromatic rings. The maximum Gasteiger partial charge on any atom is 0.244 e. The van der Waals surface area contributed by atoms with Crippen molar-refractivity contribution in [2.24, 2.45) is 0 Å². The zero-order chi connectivity index (χ0) is 15.5. The number of benzene rings is 1. The van der Waals surface area contributed by atoms with Gasteiger partial charge in [-0.2, -0.15) is 0 Å². The van der Waals surface area contributed by atoms with Gasteiger partial charge < -0.3 is 10.2 Å². The maximum atomic E-state index is 12.1. The average molecular weight is 276 g/mol. The summed E-state index contributed by atoms with van der Waals surface area (Å²) in [7, 11) is 0. The summed E-state index contributed by atoms with van der Waals surface area (Å²) in [5.74, 6) is -0.286. The Hall–Kier alpha value is -1.84. The molecule has 1 aromatic carbocycles. The Labute approximate surface area is 121 Å². The van der Waals surface area contributed by atoms with Crippen LogP contribution in [0.4, 0.5) is 5.69 Å². The van der Waals surface area contributed by atoms with Crippen LogP contribution in [0.25, 0.3) is 0 Å². The van der Waals surface area contributed by atoms with E-state index in [9.17, 15) is 9.59 Å². The van der Waals surface area contributed by atoms with E-state index in [1.54, 1.807) is 4.90 Å². The third-order valence-electron chi connectivity index (χ3n) is 3.28. The van der Waals surface area contributed by atoms with Crippen LogP contribution in [0.1, 0.15) is 38.8 Å². The first kappa shape index (κ1) is 16.2. The van der Waals surface area contributed by atoms with E-state index in [4.69, 9.17) is 0 Å². The molecule has 0 aliphatic rings. The lowest BCUT2D eigenvalue weighted by Gasteiger charge is -2.34. The summed E-state index contributed by atoms with van der Waals surface area (Å²) >= 11 is 0. The molecular formula is C16H24N2O2. The number of carbonyl (C=O) groups excluding carboxylic acids is 2. The van der Waals surface area contributed by atoms with Gasteiger partial charge in [0.2, 0.25) is 11.8 Å². The number of nitrogens with one attached hydrogen (secondary N) is 1. The van der Waals surface area contributed by atoms with Crippen LogP contribution in [0.2, 0.25) is 0 Å². The van der Waals surface area contributed by atoms with Gasteiger partial charge in [-0.1, -0.05) is 6.07 Å². The highest BCUT2D eigenvalue weighted by molar-refractivity contribution is 5.94. The molecule has 1 rings (SSSR count). The maximum absolute atomic E-state index is 12.1.